The van der Waals surface area contributed by atoms with Crippen LogP contribution in [-0.4, -0.2) is 5.91 Å². The molecule has 0 saturated carbocycles. The number of nitrogen functional groups attached to an aromatic ring is 1. The van der Waals surface area contributed by atoms with Gasteiger partial charge in [-0.2, -0.15) is 0 Å². The van der Waals surface area contributed by atoms with E-state index in [1.807, 2.05) is 31.2 Å². The number of rotatable bonds is 2. The summed E-state index contributed by atoms with van der Waals surface area (Å²) in [5.41, 5.74) is 8.00. The molecular weight excluding hydrogens is 283 g/mol. The van der Waals surface area contributed by atoms with E-state index in [9.17, 15) is 4.79 Å². The lowest BCUT2D eigenvalue weighted by molar-refractivity contribution is 0.102. The molecule has 3 nitrogen and oxygen atoms in total. The van der Waals surface area contributed by atoms with Gasteiger partial charge in [0.05, 0.1) is 15.6 Å². The van der Waals surface area contributed by atoms with Crippen LogP contribution < -0.4 is 11.1 Å². The number of hydrogen-bond acceptors (Lipinski definition) is 2. The van der Waals surface area contributed by atoms with Gasteiger partial charge in [-0.25, -0.2) is 0 Å². The Labute approximate surface area is 121 Å². The van der Waals surface area contributed by atoms with E-state index in [4.69, 9.17) is 28.9 Å². The van der Waals surface area contributed by atoms with Crippen LogP contribution in [0.4, 0.5) is 11.4 Å². The SMILES string of the molecule is Cc1ccccc1NC(=O)c1cc(N)cc(Cl)c1Cl. The normalized spacial score (nSPS) is 10.3. The molecule has 0 bridgehead atoms. The summed E-state index contributed by atoms with van der Waals surface area (Å²) in [5, 5.41) is 3.24. The predicted molar refractivity (Wildman–Crippen MR) is 80.0 cm³/mol. The van der Waals surface area contributed by atoms with E-state index in [1.165, 1.54) is 12.1 Å². The zero-order valence-electron chi connectivity index (χ0n) is 10.2. The molecule has 0 fully saturated rings. The fourth-order valence-corrected chi connectivity index (χ4v) is 2.10. The molecule has 98 valence electrons. The first-order valence-electron chi connectivity index (χ1n) is 5.60. The summed E-state index contributed by atoms with van der Waals surface area (Å²) in [4.78, 5) is 12.2. The maximum atomic E-state index is 12.2. The molecule has 0 aliphatic heterocycles. The summed E-state index contributed by atoms with van der Waals surface area (Å²) in [6.45, 7) is 1.91. The molecule has 3 N–H and O–H groups in total. The lowest BCUT2D eigenvalue weighted by Gasteiger charge is -2.10. The minimum absolute atomic E-state index is 0.196. The second kappa shape index (κ2) is 5.51. The maximum absolute atomic E-state index is 12.2. The number of para-hydroxylation sites is 1. The van der Waals surface area contributed by atoms with Crippen LogP contribution in [0.5, 0.6) is 0 Å². The Hall–Kier alpha value is -1.71. The lowest BCUT2D eigenvalue weighted by Crippen LogP contribution is -2.13. The smallest absolute Gasteiger partial charge is 0.257 e. The van der Waals surface area contributed by atoms with Gasteiger partial charge >= 0.3 is 0 Å². The fraction of sp³-hybridized carbons (Fsp3) is 0.0714. The molecule has 0 aliphatic rings. The van der Waals surface area contributed by atoms with Crippen LogP contribution in [0.2, 0.25) is 10.0 Å². The van der Waals surface area contributed by atoms with E-state index in [2.05, 4.69) is 5.32 Å². The first-order valence-corrected chi connectivity index (χ1v) is 6.36. The number of amides is 1. The molecule has 1 amide bonds. The Balaban J connectivity index is 2.33. The highest BCUT2D eigenvalue weighted by Gasteiger charge is 2.14. The molecule has 0 aromatic heterocycles. The van der Waals surface area contributed by atoms with Crippen LogP contribution in [0.25, 0.3) is 0 Å². The first-order chi connectivity index (χ1) is 8.99. The van der Waals surface area contributed by atoms with Gasteiger partial charge < -0.3 is 11.1 Å². The predicted octanol–water partition coefficient (Wildman–Crippen LogP) is 4.14. The third-order valence-electron chi connectivity index (χ3n) is 2.69. The Bertz CT molecular complexity index is 641. The standard InChI is InChI=1S/C14H12Cl2N2O/c1-8-4-2-3-5-12(8)18-14(19)10-6-9(17)7-11(15)13(10)16/h2-7H,17H2,1H3,(H,18,19). The van der Waals surface area contributed by atoms with Crippen LogP contribution >= 0.6 is 23.2 Å². The number of aryl methyl sites for hydroxylation is 1. The number of nitrogens with two attached hydrogens (primary N) is 1. The summed E-state index contributed by atoms with van der Waals surface area (Å²) in [5.74, 6) is -0.339. The van der Waals surface area contributed by atoms with E-state index in [-0.39, 0.29) is 21.5 Å². The van der Waals surface area contributed by atoms with Crippen molar-refractivity contribution in [2.24, 2.45) is 0 Å². The molecule has 2 aromatic carbocycles. The number of carbonyl (C=O) groups excluding carboxylic acids is 1. The zero-order chi connectivity index (χ0) is 14.0. The van der Waals surface area contributed by atoms with Crippen LogP contribution in [0.15, 0.2) is 36.4 Å². The van der Waals surface area contributed by atoms with Crippen LogP contribution in [0, 0.1) is 6.92 Å². The molecule has 0 aliphatic carbocycles. The minimum Gasteiger partial charge on any atom is -0.399 e. The molecule has 0 saturated heterocycles. The van der Waals surface area contributed by atoms with E-state index in [1.54, 1.807) is 0 Å². The summed E-state index contributed by atoms with van der Waals surface area (Å²) in [6.07, 6.45) is 0. The zero-order valence-corrected chi connectivity index (χ0v) is 11.7. The minimum atomic E-state index is -0.339. The molecule has 0 radical (unpaired) electrons. The van der Waals surface area contributed by atoms with Crippen LogP contribution in [-0.2, 0) is 0 Å². The molecule has 2 aromatic rings. The largest absolute Gasteiger partial charge is 0.399 e. The number of hydrogen-bond donors (Lipinski definition) is 2. The number of halogens is 2. The topological polar surface area (TPSA) is 55.1 Å². The van der Waals surface area contributed by atoms with Gasteiger partial charge in [0, 0.05) is 11.4 Å². The molecule has 0 unspecified atom stereocenters. The molecule has 0 atom stereocenters. The number of carbonyl (C=O) groups is 1. The summed E-state index contributed by atoms with van der Waals surface area (Å²) >= 11 is 11.9. The van der Waals surface area contributed by atoms with E-state index < -0.39 is 0 Å². The van der Waals surface area contributed by atoms with E-state index >= 15 is 0 Å². The van der Waals surface area contributed by atoms with Crippen molar-refractivity contribution in [3.63, 3.8) is 0 Å². The van der Waals surface area contributed by atoms with Crippen molar-refractivity contribution in [2.45, 2.75) is 6.92 Å². The van der Waals surface area contributed by atoms with Gasteiger partial charge in [0.15, 0.2) is 0 Å². The van der Waals surface area contributed by atoms with Crippen molar-refractivity contribution in [1.82, 2.24) is 0 Å². The summed E-state index contributed by atoms with van der Waals surface area (Å²) < 4.78 is 0. The van der Waals surface area contributed by atoms with Crippen LogP contribution in [0.3, 0.4) is 0 Å². The van der Waals surface area contributed by atoms with Crippen LogP contribution in [0.1, 0.15) is 15.9 Å². The van der Waals surface area contributed by atoms with Crippen molar-refractivity contribution in [3.05, 3.63) is 57.6 Å². The fourth-order valence-electron chi connectivity index (χ4n) is 1.68. The van der Waals surface area contributed by atoms with Gasteiger partial charge in [-0.3, -0.25) is 4.79 Å². The Morgan fingerprint density at radius 1 is 1.21 bits per heavy atom. The highest BCUT2D eigenvalue weighted by Crippen LogP contribution is 2.29. The Morgan fingerprint density at radius 3 is 2.58 bits per heavy atom. The Morgan fingerprint density at radius 2 is 1.89 bits per heavy atom. The maximum Gasteiger partial charge on any atom is 0.257 e. The second-order valence-corrected chi connectivity index (χ2v) is 4.92. The molecule has 0 spiro atoms. The average molecular weight is 295 g/mol. The third kappa shape index (κ3) is 3.00. The third-order valence-corrected chi connectivity index (χ3v) is 3.49. The van der Waals surface area contributed by atoms with Crippen molar-refractivity contribution in [2.75, 3.05) is 11.1 Å². The second-order valence-electron chi connectivity index (χ2n) is 4.13. The molecular formula is C14H12Cl2N2O. The van der Waals surface area contributed by atoms with Crippen molar-refractivity contribution in [1.29, 1.82) is 0 Å². The van der Waals surface area contributed by atoms with Gasteiger partial charge in [0.1, 0.15) is 0 Å². The van der Waals surface area contributed by atoms with Gasteiger partial charge in [0.2, 0.25) is 0 Å². The molecule has 19 heavy (non-hydrogen) atoms. The van der Waals surface area contributed by atoms with Crippen molar-refractivity contribution < 1.29 is 4.79 Å². The van der Waals surface area contributed by atoms with Gasteiger partial charge in [-0.1, -0.05) is 41.4 Å². The molecule has 5 heteroatoms. The average Bonchev–Trinajstić information content (AvgIpc) is 2.36. The Kier molecular flexibility index (Phi) is 3.98. The highest BCUT2D eigenvalue weighted by molar-refractivity contribution is 6.44. The quantitative estimate of drug-likeness (QED) is 0.818. The van der Waals surface area contributed by atoms with E-state index in [0.29, 0.717) is 5.69 Å². The van der Waals surface area contributed by atoms with Crippen molar-refractivity contribution in [3.8, 4) is 0 Å². The summed E-state index contributed by atoms with van der Waals surface area (Å²) in [7, 11) is 0. The van der Waals surface area contributed by atoms with Crippen molar-refractivity contribution >= 4 is 40.5 Å². The lowest BCUT2D eigenvalue weighted by atomic mass is 10.1. The number of nitrogens with one attached hydrogen (secondary N) is 1. The number of anilines is 2. The van der Waals surface area contributed by atoms with E-state index in [0.717, 1.165) is 11.3 Å². The molecule has 2 rings (SSSR count). The van der Waals surface area contributed by atoms with Gasteiger partial charge in [0.25, 0.3) is 5.91 Å². The molecule has 0 heterocycles. The number of benzene rings is 2. The highest BCUT2D eigenvalue weighted by atomic mass is 35.5. The van der Waals surface area contributed by atoms with Gasteiger partial charge in [-0.15, -0.1) is 0 Å². The monoisotopic (exact) mass is 294 g/mol. The first kappa shape index (κ1) is 13.7. The summed E-state index contributed by atoms with van der Waals surface area (Å²) in [6, 6.07) is 10.5. The van der Waals surface area contributed by atoms with Gasteiger partial charge in [-0.05, 0) is 30.7 Å².